The fraction of sp³-hybridized carbons (Fsp3) is 0.500. The second kappa shape index (κ2) is 7.09. The zero-order chi connectivity index (χ0) is 14.4. The first-order valence-electron chi connectivity index (χ1n) is 6.34. The summed E-state index contributed by atoms with van der Waals surface area (Å²) in [7, 11) is 0. The molecule has 0 radical (unpaired) electrons. The highest BCUT2D eigenvalue weighted by Crippen LogP contribution is 2.16. The van der Waals surface area contributed by atoms with Crippen molar-refractivity contribution in [3.05, 3.63) is 29.6 Å². The summed E-state index contributed by atoms with van der Waals surface area (Å²) >= 11 is 0. The Morgan fingerprint density at radius 1 is 1.47 bits per heavy atom. The van der Waals surface area contributed by atoms with Crippen LogP contribution in [0.4, 0.5) is 4.39 Å². The number of carbonyl (C=O) groups excluding carboxylic acids is 1. The van der Waals surface area contributed by atoms with Crippen molar-refractivity contribution < 1.29 is 13.9 Å². The normalized spacial score (nSPS) is 12.5. The Labute approximate surface area is 113 Å². The molecule has 1 aromatic carbocycles. The van der Waals surface area contributed by atoms with Crippen LogP contribution >= 0.6 is 0 Å². The van der Waals surface area contributed by atoms with Gasteiger partial charge < -0.3 is 15.8 Å². The molecule has 1 unspecified atom stereocenters. The number of nitrogens with two attached hydrogens (primary N) is 1. The van der Waals surface area contributed by atoms with Gasteiger partial charge in [-0.2, -0.15) is 0 Å². The lowest BCUT2D eigenvalue weighted by atomic mass is 10.2. The van der Waals surface area contributed by atoms with E-state index in [9.17, 15) is 9.18 Å². The smallest absolute Gasteiger partial charge is 0.234 e. The van der Waals surface area contributed by atoms with E-state index in [1.54, 1.807) is 19.1 Å². The topological polar surface area (TPSA) is 64.3 Å². The van der Waals surface area contributed by atoms with E-state index in [0.717, 1.165) is 0 Å². The van der Waals surface area contributed by atoms with E-state index < -0.39 is 11.9 Å². The average Bonchev–Trinajstić information content (AvgIpc) is 2.31. The third kappa shape index (κ3) is 5.26. The van der Waals surface area contributed by atoms with E-state index in [2.05, 4.69) is 5.32 Å². The molecule has 1 aromatic rings. The van der Waals surface area contributed by atoms with Gasteiger partial charge in [0.25, 0.3) is 0 Å². The maximum Gasteiger partial charge on any atom is 0.234 e. The molecule has 0 aliphatic carbocycles. The first-order valence-corrected chi connectivity index (χ1v) is 6.34. The van der Waals surface area contributed by atoms with Crippen LogP contribution in [0.2, 0.25) is 0 Å². The Balaban J connectivity index is 2.47. The van der Waals surface area contributed by atoms with Gasteiger partial charge >= 0.3 is 0 Å². The first-order chi connectivity index (χ1) is 8.90. The van der Waals surface area contributed by atoms with E-state index in [-0.39, 0.29) is 11.9 Å². The molecule has 0 heterocycles. The molecule has 5 heteroatoms. The van der Waals surface area contributed by atoms with Gasteiger partial charge in [0.05, 0.1) is 12.6 Å². The van der Waals surface area contributed by atoms with E-state index in [0.29, 0.717) is 24.3 Å². The number of nitrogens with one attached hydrogen (secondary N) is 1. The summed E-state index contributed by atoms with van der Waals surface area (Å²) in [6.07, 6.45) is 0.447. The minimum atomic E-state index is -0.435. The second-order valence-electron chi connectivity index (χ2n) is 4.82. The number of ether oxygens (including phenoxy) is 1. The Kier molecular flexibility index (Phi) is 5.76. The van der Waals surface area contributed by atoms with Gasteiger partial charge in [-0.1, -0.05) is 19.9 Å². The largest absolute Gasteiger partial charge is 0.493 e. The summed E-state index contributed by atoms with van der Waals surface area (Å²) in [5.74, 6) is -0.257. The molecule has 0 saturated carbocycles. The minimum absolute atomic E-state index is 0.161. The number of benzene rings is 1. The number of aryl methyl sites for hydroxylation is 1. The predicted molar refractivity (Wildman–Crippen MR) is 72.5 cm³/mol. The van der Waals surface area contributed by atoms with Crippen molar-refractivity contribution in [3.63, 3.8) is 0 Å². The maximum absolute atomic E-state index is 13.3. The third-order valence-electron chi connectivity index (χ3n) is 2.70. The van der Waals surface area contributed by atoms with Gasteiger partial charge in [0.1, 0.15) is 11.6 Å². The highest BCUT2D eigenvalue weighted by atomic mass is 19.1. The van der Waals surface area contributed by atoms with Crippen LogP contribution in [0.25, 0.3) is 0 Å². The van der Waals surface area contributed by atoms with Crippen LogP contribution in [0.3, 0.4) is 0 Å². The number of rotatable bonds is 7. The van der Waals surface area contributed by atoms with Crippen molar-refractivity contribution >= 4 is 5.91 Å². The molecule has 0 spiro atoms. The summed E-state index contributed by atoms with van der Waals surface area (Å²) < 4.78 is 18.7. The summed E-state index contributed by atoms with van der Waals surface area (Å²) in [6, 6.07) is 4.42. The predicted octanol–water partition coefficient (Wildman–Crippen LogP) is 1.75. The average molecular weight is 268 g/mol. The molecule has 1 amide bonds. The van der Waals surface area contributed by atoms with Crippen molar-refractivity contribution in [2.24, 2.45) is 5.73 Å². The number of hydrogen-bond acceptors (Lipinski definition) is 3. The molecule has 106 valence electrons. The lowest BCUT2D eigenvalue weighted by Gasteiger charge is -2.18. The van der Waals surface area contributed by atoms with Crippen molar-refractivity contribution in [2.45, 2.75) is 39.3 Å². The highest BCUT2D eigenvalue weighted by Gasteiger charge is 2.15. The van der Waals surface area contributed by atoms with Crippen LogP contribution in [-0.2, 0) is 4.79 Å². The lowest BCUT2D eigenvalue weighted by Crippen LogP contribution is -2.45. The number of hydrogen-bond donors (Lipinski definition) is 2. The Bertz CT molecular complexity index is 435. The van der Waals surface area contributed by atoms with Gasteiger partial charge in [0.2, 0.25) is 5.91 Å². The maximum atomic E-state index is 13.3. The van der Waals surface area contributed by atoms with Crippen LogP contribution in [0.5, 0.6) is 5.75 Å². The molecule has 0 aromatic heterocycles. The third-order valence-corrected chi connectivity index (χ3v) is 2.70. The van der Waals surface area contributed by atoms with E-state index in [1.165, 1.54) is 6.07 Å². The zero-order valence-electron chi connectivity index (χ0n) is 11.6. The molecule has 0 aliphatic rings. The van der Waals surface area contributed by atoms with Crippen molar-refractivity contribution in [3.8, 4) is 5.75 Å². The van der Waals surface area contributed by atoms with E-state index >= 15 is 0 Å². The molecule has 3 N–H and O–H groups in total. The molecule has 19 heavy (non-hydrogen) atoms. The monoisotopic (exact) mass is 268 g/mol. The van der Waals surface area contributed by atoms with Crippen molar-refractivity contribution in [1.29, 1.82) is 0 Å². The standard InChI is InChI=1S/C14H21FN2O2/c1-9(2)17-13(14(16)18)6-7-19-11-5-4-10(3)12(15)8-11/h4-5,8-9,13,17H,6-7H2,1-3H3,(H2,16,18). The summed E-state index contributed by atoms with van der Waals surface area (Å²) in [6.45, 7) is 5.86. The van der Waals surface area contributed by atoms with Gasteiger partial charge in [0, 0.05) is 18.5 Å². The molecule has 0 aliphatic heterocycles. The zero-order valence-corrected chi connectivity index (χ0v) is 11.6. The van der Waals surface area contributed by atoms with Gasteiger partial charge in [-0.3, -0.25) is 4.79 Å². The SMILES string of the molecule is Cc1ccc(OCCC(NC(C)C)C(N)=O)cc1F. The van der Waals surface area contributed by atoms with Gasteiger partial charge in [-0.15, -0.1) is 0 Å². The minimum Gasteiger partial charge on any atom is -0.493 e. The summed E-state index contributed by atoms with van der Waals surface area (Å²) in [5.41, 5.74) is 5.86. The fourth-order valence-electron chi connectivity index (χ4n) is 1.67. The first kappa shape index (κ1) is 15.4. The Morgan fingerprint density at radius 3 is 2.68 bits per heavy atom. The number of amides is 1. The van der Waals surface area contributed by atoms with Gasteiger partial charge in [0.15, 0.2) is 0 Å². The van der Waals surface area contributed by atoms with Crippen LogP contribution in [0.15, 0.2) is 18.2 Å². The molecule has 0 bridgehead atoms. The quantitative estimate of drug-likeness (QED) is 0.792. The number of halogens is 1. The molecule has 4 nitrogen and oxygen atoms in total. The Hall–Kier alpha value is -1.62. The van der Waals surface area contributed by atoms with Gasteiger partial charge in [-0.05, 0) is 18.6 Å². The second-order valence-corrected chi connectivity index (χ2v) is 4.82. The number of carbonyl (C=O) groups is 1. The van der Waals surface area contributed by atoms with Crippen LogP contribution < -0.4 is 15.8 Å². The van der Waals surface area contributed by atoms with Crippen LogP contribution in [0.1, 0.15) is 25.8 Å². The van der Waals surface area contributed by atoms with Crippen molar-refractivity contribution in [2.75, 3.05) is 6.61 Å². The molecular weight excluding hydrogens is 247 g/mol. The molecule has 0 saturated heterocycles. The summed E-state index contributed by atoms with van der Waals surface area (Å²) in [4.78, 5) is 11.2. The molecule has 1 atom stereocenters. The van der Waals surface area contributed by atoms with Gasteiger partial charge in [-0.25, -0.2) is 4.39 Å². The Morgan fingerprint density at radius 2 is 2.16 bits per heavy atom. The molecule has 0 fully saturated rings. The van der Waals surface area contributed by atoms with E-state index in [4.69, 9.17) is 10.5 Å². The molecule has 1 rings (SSSR count). The van der Waals surface area contributed by atoms with E-state index in [1.807, 2.05) is 13.8 Å². The fourth-order valence-corrected chi connectivity index (χ4v) is 1.67. The molecular formula is C14H21FN2O2. The highest BCUT2D eigenvalue weighted by molar-refractivity contribution is 5.79. The van der Waals surface area contributed by atoms with Crippen molar-refractivity contribution in [1.82, 2.24) is 5.32 Å². The van der Waals surface area contributed by atoms with Crippen LogP contribution in [-0.4, -0.2) is 24.6 Å². The lowest BCUT2D eigenvalue weighted by molar-refractivity contribution is -0.120. The summed E-state index contributed by atoms with van der Waals surface area (Å²) in [5, 5.41) is 3.06. The number of primary amides is 1. The van der Waals surface area contributed by atoms with Crippen LogP contribution in [0, 0.1) is 12.7 Å².